The molecule has 0 rings (SSSR count). The van der Waals surface area contributed by atoms with Gasteiger partial charge in [0.2, 0.25) is 0 Å². The Hall–Kier alpha value is -0.970. The Morgan fingerprint density at radius 1 is 0.800 bits per heavy atom. The van der Waals surface area contributed by atoms with Crippen LogP contribution < -0.4 is 39.8 Å². The van der Waals surface area contributed by atoms with Gasteiger partial charge in [0.05, 0.1) is 28.9 Å². The maximum absolute atomic E-state index is 10.1. The van der Waals surface area contributed by atoms with Crippen LogP contribution >= 0.6 is 0 Å². The molecule has 1 atom stereocenters. The molecule has 0 fully saturated rings. The van der Waals surface area contributed by atoms with E-state index in [1.54, 1.807) is 0 Å². The van der Waals surface area contributed by atoms with Crippen molar-refractivity contribution in [2.24, 2.45) is 0 Å². The SMILES string of the molecule is O=C([O-])CCCCCO.O=C([O-])CCCCO.O=S(=O)([O-])CC(O)CCCCO.[CH2+]CC(=O)O.[HH].[Na+]. The number of unbranched alkanes of at least 4 members (excludes halogenated alkanes) is 4. The molecule has 0 bridgehead atoms. The van der Waals surface area contributed by atoms with Gasteiger partial charge in [-0.05, 0) is 57.8 Å². The maximum Gasteiger partial charge on any atom is 1.00 e. The van der Waals surface area contributed by atoms with Crippen LogP contribution in [-0.4, -0.2) is 88.1 Å². The minimum atomic E-state index is -4.32. The van der Waals surface area contributed by atoms with Crippen LogP contribution in [0.4, 0.5) is 0 Å². The first-order chi connectivity index (χ1) is 15.8. The summed E-state index contributed by atoms with van der Waals surface area (Å²) in [5.74, 6) is -3.64. The van der Waals surface area contributed by atoms with Crippen molar-refractivity contribution in [3.05, 3.63) is 6.92 Å². The standard InChI is InChI=1S/C6H14O5S.C6H12O3.C5H10O3.C3H4O2.Na.H2/c7-4-2-1-3-6(8)5-12(9,10)11;7-5-3-1-2-4-6(8)9;6-4-2-1-3-5(7)8;1-2-3(4)5;;/h6-8H,1-5H2,(H,9,10,11);7H,1-5H2,(H,8,9);6H,1-4H2,(H,7,8);1-2H2;;1H/q;;;;+1;/p-2. The Kier molecular flexibility index (Phi) is 41.6. The molecule has 0 aromatic rings. The minimum absolute atomic E-state index is 0. The monoisotopic (exact) mass is 543 g/mol. The van der Waals surface area contributed by atoms with Crippen molar-refractivity contribution in [2.75, 3.05) is 25.6 Å². The quantitative estimate of drug-likeness (QED) is 0.0528. The van der Waals surface area contributed by atoms with Crippen LogP contribution in [0.3, 0.4) is 0 Å². The largest absolute Gasteiger partial charge is 1.00 e. The summed E-state index contributed by atoms with van der Waals surface area (Å²) in [6.07, 6.45) is 3.44. The predicted molar refractivity (Wildman–Crippen MR) is 118 cm³/mol. The summed E-state index contributed by atoms with van der Waals surface area (Å²) in [7, 11) is -4.32. The molecule has 0 aliphatic carbocycles. The van der Waals surface area contributed by atoms with Crippen molar-refractivity contribution in [2.45, 2.75) is 76.7 Å². The first kappa shape index (κ1) is 44.1. The van der Waals surface area contributed by atoms with Crippen LogP contribution in [0.2, 0.25) is 0 Å². The van der Waals surface area contributed by atoms with E-state index in [1.165, 1.54) is 0 Å². The van der Waals surface area contributed by atoms with Crippen LogP contribution in [0.1, 0.15) is 72.1 Å². The molecular formula is C20H40NaO13S-. The topological polar surface area (TPSA) is 256 Å². The molecule has 0 radical (unpaired) electrons. The second kappa shape index (κ2) is 33.0. The fourth-order valence-corrected chi connectivity index (χ4v) is 2.39. The first-order valence-electron chi connectivity index (χ1n) is 10.6. The van der Waals surface area contributed by atoms with Gasteiger partial charge in [0, 0.05) is 33.2 Å². The van der Waals surface area contributed by atoms with E-state index in [4.69, 9.17) is 25.5 Å². The number of carbonyl (C=O) groups excluding carboxylic acids is 2. The van der Waals surface area contributed by atoms with E-state index in [9.17, 15) is 37.6 Å². The van der Waals surface area contributed by atoms with Gasteiger partial charge in [-0.3, -0.25) is 0 Å². The number of rotatable bonds is 16. The van der Waals surface area contributed by atoms with Gasteiger partial charge in [0.25, 0.3) is 0 Å². The molecule has 1 unspecified atom stereocenters. The fraction of sp³-hybridized carbons (Fsp3) is 0.800. The summed E-state index contributed by atoms with van der Waals surface area (Å²) in [4.78, 5) is 28.8. The fourth-order valence-electron chi connectivity index (χ4n) is 1.75. The van der Waals surface area contributed by atoms with Gasteiger partial charge in [0.15, 0.2) is 6.42 Å². The molecule has 5 N–H and O–H groups in total. The van der Waals surface area contributed by atoms with Crippen molar-refractivity contribution >= 4 is 28.0 Å². The number of hydrogen-bond acceptors (Lipinski definition) is 12. The van der Waals surface area contributed by atoms with Gasteiger partial charge in [-0.2, -0.15) is 0 Å². The third-order valence-electron chi connectivity index (χ3n) is 3.38. The second-order valence-corrected chi connectivity index (χ2v) is 8.15. The number of hydrogen-bond donors (Lipinski definition) is 5. The average Bonchev–Trinajstić information content (AvgIpc) is 2.71. The maximum atomic E-state index is 10.1. The molecular weight excluding hydrogens is 503 g/mol. The summed E-state index contributed by atoms with van der Waals surface area (Å²) in [6.45, 7) is 3.31. The molecule has 0 aromatic heterocycles. The van der Waals surface area contributed by atoms with Crippen LogP contribution in [-0.2, 0) is 24.5 Å². The number of aliphatic carboxylic acids is 3. The smallest absolute Gasteiger partial charge is 0.748 e. The van der Waals surface area contributed by atoms with E-state index in [2.05, 4.69) is 6.92 Å². The third kappa shape index (κ3) is 65.5. The average molecular weight is 544 g/mol. The summed E-state index contributed by atoms with van der Waals surface area (Å²) < 4.78 is 30.3. The molecule has 0 aromatic carbocycles. The summed E-state index contributed by atoms with van der Waals surface area (Å²) in [5, 5.41) is 60.9. The van der Waals surface area contributed by atoms with E-state index >= 15 is 0 Å². The van der Waals surface area contributed by atoms with Gasteiger partial charge in [-0.25, -0.2) is 13.2 Å². The van der Waals surface area contributed by atoms with E-state index in [0.717, 1.165) is 6.42 Å². The Labute approximate surface area is 230 Å². The Bertz CT molecular complexity index is 592. The van der Waals surface area contributed by atoms with E-state index in [1.807, 2.05) is 0 Å². The van der Waals surface area contributed by atoms with Crippen LogP contribution in [0, 0.1) is 6.92 Å². The number of carbonyl (C=O) groups is 3. The Balaban J connectivity index is -0.0000000850. The van der Waals surface area contributed by atoms with Crippen LogP contribution in [0.25, 0.3) is 0 Å². The number of carboxylic acid groups (broad SMARTS) is 3. The zero-order valence-corrected chi connectivity index (χ0v) is 23.1. The van der Waals surface area contributed by atoms with E-state index < -0.39 is 39.9 Å². The molecule has 0 amide bonds. The van der Waals surface area contributed by atoms with Crippen molar-refractivity contribution in [3.8, 4) is 0 Å². The third-order valence-corrected chi connectivity index (χ3v) is 4.18. The minimum Gasteiger partial charge on any atom is -0.748 e. The number of carboxylic acids is 3. The number of aliphatic hydroxyl groups excluding tert-OH is 4. The van der Waals surface area contributed by atoms with Crippen LogP contribution in [0.15, 0.2) is 0 Å². The molecule has 0 saturated heterocycles. The molecule has 0 saturated carbocycles. The van der Waals surface area contributed by atoms with Gasteiger partial charge in [-0.15, -0.1) is 0 Å². The summed E-state index contributed by atoms with van der Waals surface area (Å²) in [6, 6.07) is 0. The van der Waals surface area contributed by atoms with Crippen molar-refractivity contribution in [1.29, 1.82) is 0 Å². The number of aliphatic hydroxyl groups is 4. The molecule has 13 nitrogen and oxygen atoms in total. The zero-order valence-electron chi connectivity index (χ0n) is 20.3. The Morgan fingerprint density at radius 3 is 1.46 bits per heavy atom. The van der Waals surface area contributed by atoms with Crippen molar-refractivity contribution < 1.29 is 94.1 Å². The van der Waals surface area contributed by atoms with Crippen LogP contribution in [0.5, 0.6) is 0 Å². The Morgan fingerprint density at radius 2 is 1.14 bits per heavy atom. The first-order valence-corrected chi connectivity index (χ1v) is 12.2. The van der Waals surface area contributed by atoms with Gasteiger partial charge in [0.1, 0.15) is 0 Å². The van der Waals surface area contributed by atoms with Crippen molar-refractivity contribution in [3.63, 3.8) is 0 Å². The van der Waals surface area contributed by atoms with Gasteiger partial charge >= 0.3 is 35.5 Å². The molecule has 15 heteroatoms. The summed E-state index contributed by atoms with van der Waals surface area (Å²) >= 11 is 0. The molecule has 0 heterocycles. The van der Waals surface area contributed by atoms with Gasteiger partial charge in [-0.1, -0.05) is 6.42 Å². The van der Waals surface area contributed by atoms with Crippen molar-refractivity contribution in [1.82, 2.24) is 0 Å². The van der Waals surface area contributed by atoms with E-state index in [-0.39, 0.29) is 76.5 Å². The molecule has 0 aliphatic rings. The molecule has 0 aliphatic heterocycles. The predicted octanol–water partition coefficient (Wildman–Crippen LogP) is -5.21. The summed E-state index contributed by atoms with van der Waals surface area (Å²) in [5.41, 5.74) is 0. The van der Waals surface area contributed by atoms with Gasteiger partial charge < -0.3 is 49.9 Å². The van der Waals surface area contributed by atoms with E-state index in [0.29, 0.717) is 38.5 Å². The molecule has 35 heavy (non-hydrogen) atoms. The second-order valence-electron chi connectivity index (χ2n) is 6.70. The normalized spacial score (nSPS) is 10.5. The zero-order chi connectivity index (χ0) is 27.4. The molecule has 0 spiro atoms. The molecule has 206 valence electrons.